The van der Waals surface area contributed by atoms with E-state index in [1.165, 1.54) is 0 Å². The second-order valence-electron chi connectivity index (χ2n) is 7.28. The highest BCUT2D eigenvalue weighted by atomic mass is 35.5. The van der Waals surface area contributed by atoms with Crippen molar-refractivity contribution in [1.29, 1.82) is 0 Å². The number of nitrogens with one attached hydrogen (secondary N) is 3. The zero-order valence-corrected chi connectivity index (χ0v) is 17.7. The number of carbonyl (C=O) groups is 2. The van der Waals surface area contributed by atoms with Crippen LogP contribution in [0.15, 0.2) is 24.5 Å². The van der Waals surface area contributed by atoms with Crippen LogP contribution in [0.5, 0.6) is 0 Å². The molecule has 0 aromatic carbocycles. The van der Waals surface area contributed by atoms with E-state index in [0.717, 1.165) is 50.9 Å². The first kappa shape index (κ1) is 24.6. The van der Waals surface area contributed by atoms with E-state index < -0.39 is 0 Å². The minimum atomic E-state index is -0.0204. The quantitative estimate of drug-likeness (QED) is 0.601. The third kappa shape index (κ3) is 7.91. The van der Waals surface area contributed by atoms with Crippen LogP contribution in [-0.4, -0.2) is 60.5 Å². The zero-order valence-electron chi connectivity index (χ0n) is 16.1. The van der Waals surface area contributed by atoms with Crippen LogP contribution in [0.4, 0.5) is 0 Å². The van der Waals surface area contributed by atoms with Gasteiger partial charge in [-0.2, -0.15) is 0 Å². The van der Waals surface area contributed by atoms with Gasteiger partial charge in [0.25, 0.3) is 0 Å². The lowest BCUT2D eigenvalue weighted by molar-refractivity contribution is -0.124. The van der Waals surface area contributed by atoms with Gasteiger partial charge in [0.15, 0.2) is 0 Å². The van der Waals surface area contributed by atoms with Crippen molar-refractivity contribution in [2.75, 3.05) is 32.7 Å². The zero-order chi connectivity index (χ0) is 18.2. The lowest BCUT2D eigenvalue weighted by Crippen LogP contribution is -2.47. The van der Waals surface area contributed by atoms with Crippen LogP contribution < -0.4 is 16.0 Å². The smallest absolute Gasteiger partial charge is 0.237 e. The van der Waals surface area contributed by atoms with Crippen LogP contribution in [0.1, 0.15) is 31.2 Å². The summed E-state index contributed by atoms with van der Waals surface area (Å²) < 4.78 is 0. The normalized spacial score (nSPS) is 21.9. The molecule has 0 radical (unpaired) electrons. The monoisotopic (exact) mass is 431 g/mol. The molecule has 0 bridgehead atoms. The van der Waals surface area contributed by atoms with Gasteiger partial charge in [-0.3, -0.25) is 19.5 Å². The van der Waals surface area contributed by atoms with Gasteiger partial charge >= 0.3 is 0 Å². The third-order valence-electron chi connectivity index (χ3n) is 5.12. The number of hydrogen-bond acceptors (Lipinski definition) is 5. The Bertz CT molecular complexity index is 599. The van der Waals surface area contributed by atoms with E-state index in [1.54, 1.807) is 12.4 Å². The molecule has 0 aliphatic carbocycles. The summed E-state index contributed by atoms with van der Waals surface area (Å²) in [6.45, 7) is 4.35. The van der Waals surface area contributed by atoms with Gasteiger partial charge in [0.05, 0.1) is 12.6 Å². The number of piperidine rings is 1. The minimum Gasteiger partial charge on any atom is -0.354 e. The highest BCUT2D eigenvalue weighted by Gasteiger charge is 2.25. The van der Waals surface area contributed by atoms with Gasteiger partial charge in [0, 0.05) is 32.0 Å². The fraction of sp³-hybridized carbons (Fsp3) is 0.632. The predicted molar refractivity (Wildman–Crippen MR) is 114 cm³/mol. The van der Waals surface area contributed by atoms with Crippen molar-refractivity contribution in [2.45, 2.75) is 38.3 Å². The molecule has 0 spiro atoms. The number of carbonyl (C=O) groups excluding carboxylic acids is 2. The number of halogens is 2. The molecule has 1 aromatic rings. The Hall–Kier alpha value is -1.41. The van der Waals surface area contributed by atoms with Crippen LogP contribution in [-0.2, 0) is 16.1 Å². The minimum absolute atomic E-state index is 0. The number of amides is 2. The first-order chi connectivity index (χ1) is 12.7. The SMILES string of the molecule is Cl.Cl.O=C(CN1CCCC(CNC(=O)C2CCCN2)C1)NCc1cccnc1. The van der Waals surface area contributed by atoms with Crippen molar-refractivity contribution < 1.29 is 9.59 Å². The molecular weight excluding hydrogens is 401 g/mol. The standard InChI is InChI=1S/C19H29N5O2.2ClH/c25-18(22-11-15-4-1-7-20-10-15)14-24-9-3-5-16(13-24)12-23-19(26)17-6-2-8-21-17;;/h1,4,7,10,16-17,21H,2-3,5-6,8-9,11-14H2,(H,22,25)(H,23,26);2*1H. The lowest BCUT2D eigenvalue weighted by Gasteiger charge is -2.32. The molecule has 7 nitrogen and oxygen atoms in total. The van der Waals surface area contributed by atoms with E-state index >= 15 is 0 Å². The summed E-state index contributed by atoms with van der Waals surface area (Å²) in [5, 5.41) is 9.26. The molecule has 3 N–H and O–H groups in total. The second kappa shape index (κ2) is 12.9. The number of rotatable bonds is 7. The molecule has 2 aliphatic heterocycles. The Labute approximate surface area is 179 Å². The summed E-state index contributed by atoms with van der Waals surface area (Å²) in [7, 11) is 0. The van der Waals surface area contributed by atoms with Crippen LogP contribution >= 0.6 is 24.8 Å². The number of hydrogen-bond donors (Lipinski definition) is 3. The van der Waals surface area contributed by atoms with E-state index in [1.807, 2.05) is 12.1 Å². The van der Waals surface area contributed by atoms with Crippen molar-refractivity contribution >= 4 is 36.6 Å². The molecule has 2 aliphatic rings. The molecule has 2 fully saturated rings. The first-order valence-corrected chi connectivity index (χ1v) is 9.60. The summed E-state index contributed by atoms with van der Waals surface area (Å²) in [4.78, 5) is 30.5. The van der Waals surface area contributed by atoms with Gasteiger partial charge in [-0.05, 0) is 56.3 Å². The maximum Gasteiger partial charge on any atom is 0.237 e. The van der Waals surface area contributed by atoms with Gasteiger partial charge in [-0.1, -0.05) is 6.07 Å². The topological polar surface area (TPSA) is 86.4 Å². The molecular formula is C19H31Cl2N5O2. The van der Waals surface area contributed by atoms with Crippen molar-refractivity contribution in [1.82, 2.24) is 25.8 Å². The summed E-state index contributed by atoms with van der Waals surface area (Å²) in [6, 6.07) is 3.80. The maximum absolute atomic E-state index is 12.2. The Morgan fingerprint density at radius 3 is 2.79 bits per heavy atom. The average Bonchev–Trinajstić information content (AvgIpc) is 3.20. The lowest BCUT2D eigenvalue weighted by atomic mass is 9.98. The third-order valence-corrected chi connectivity index (χ3v) is 5.12. The molecule has 2 atom stereocenters. The fourth-order valence-corrected chi connectivity index (χ4v) is 3.70. The number of pyridine rings is 1. The van der Waals surface area contributed by atoms with E-state index in [-0.39, 0.29) is 42.7 Å². The van der Waals surface area contributed by atoms with Crippen molar-refractivity contribution in [3.8, 4) is 0 Å². The Kier molecular flexibility index (Phi) is 11.4. The number of nitrogens with zero attached hydrogens (tertiary/aromatic N) is 2. The van der Waals surface area contributed by atoms with Gasteiger partial charge in [-0.25, -0.2) is 0 Å². The average molecular weight is 432 g/mol. The molecule has 0 saturated carbocycles. The molecule has 1 aromatic heterocycles. The predicted octanol–water partition coefficient (Wildman–Crippen LogP) is 1.12. The Morgan fingerprint density at radius 2 is 2.07 bits per heavy atom. The van der Waals surface area contributed by atoms with Crippen molar-refractivity contribution in [3.63, 3.8) is 0 Å². The highest BCUT2D eigenvalue weighted by Crippen LogP contribution is 2.15. The van der Waals surface area contributed by atoms with E-state index in [2.05, 4.69) is 25.8 Å². The molecule has 3 heterocycles. The Morgan fingerprint density at radius 1 is 1.21 bits per heavy atom. The summed E-state index contributed by atoms with van der Waals surface area (Å²) in [5.41, 5.74) is 1.00. The molecule has 2 saturated heterocycles. The molecule has 2 amide bonds. The van der Waals surface area contributed by atoms with E-state index in [0.29, 0.717) is 25.6 Å². The molecule has 9 heteroatoms. The molecule has 2 unspecified atom stereocenters. The van der Waals surface area contributed by atoms with Gasteiger partial charge in [0.2, 0.25) is 11.8 Å². The van der Waals surface area contributed by atoms with Crippen LogP contribution in [0, 0.1) is 5.92 Å². The summed E-state index contributed by atoms with van der Waals surface area (Å²) >= 11 is 0. The fourth-order valence-electron chi connectivity index (χ4n) is 3.70. The molecule has 3 rings (SSSR count). The van der Waals surface area contributed by atoms with Crippen molar-refractivity contribution in [2.24, 2.45) is 5.92 Å². The first-order valence-electron chi connectivity index (χ1n) is 9.60. The number of aromatic nitrogens is 1. The summed E-state index contributed by atoms with van der Waals surface area (Å²) in [5.74, 6) is 0.572. The van der Waals surface area contributed by atoms with Gasteiger partial charge in [0.1, 0.15) is 0 Å². The maximum atomic E-state index is 12.2. The van der Waals surface area contributed by atoms with Crippen LogP contribution in [0.25, 0.3) is 0 Å². The van der Waals surface area contributed by atoms with Crippen LogP contribution in [0.3, 0.4) is 0 Å². The largest absolute Gasteiger partial charge is 0.354 e. The van der Waals surface area contributed by atoms with E-state index in [9.17, 15) is 9.59 Å². The highest BCUT2D eigenvalue weighted by molar-refractivity contribution is 5.85. The van der Waals surface area contributed by atoms with E-state index in [4.69, 9.17) is 0 Å². The second-order valence-corrected chi connectivity index (χ2v) is 7.28. The van der Waals surface area contributed by atoms with Crippen LogP contribution in [0.2, 0.25) is 0 Å². The molecule has 28 heavy (non-hydrogen) atoms. The summed E-state index contributed by atoms with van der Waals surface area (Å²) in [6.07, 6.45) is 7.66. The van der Waals surface area contributed by atoms with Crippen molar-refractivity contribution in [3.05, 3.63) is 30.1 Å². The number of likely N-dealkylation sites (tertiary alicyclic amines) is 1. The Balaban J connectivity index is 0.00000196. The molecule has 158 valence electrons. The van der Waals surface area contributed by atoms with Gasteiger partial charge in [-0.15, -0.1) is 24.8 Å². The van der Waals surface area contributed by atoms with Gasteiger partial charge < -0.3 is 16.0 Å².